The van der Waals surface area contributed by atoms with Crippen molar-refractivity contribution in [3.8, 4) is 0 Å². The van der Waals surface area contributed by atoms with Crippen LogP contribution in [0.25, 0.3) is 0 Å². The second-order valence-corrected chi connectivity index (χ2v) is 3.51. The normalized spacial score (nSPS) is 16.1. The summed E-state index contributed by atoms with van der Waals surface area (Å²) in [5, 5.41) is 13.5. The molecule has 0 aromatic rings. The van der Waals surface area contributed by atoms with Gasteiger partial charge in [0.05, 0.1) is 6.10 Å². The lowest BCUT2D eigenvalue weighted by atomic mass is 9.99. The topological polar surface area (TPSA) is 32.3 Å². The van der Waals surface area contributed by atoms with E-state index in [0.29, 0.717) is 0 Å². The van der Waals surface area contributed by atoms with Crippen molar-refractivity contribution in [1.82, 2.24) is 5.32 Å². The molecule has 0 fully saturated rings. The van der Waals surface area contributed by atoms with Gasteiger partial charge in [-0.2, -0.15) is 0 Å². The van der Waals surface area contributed by atoms with Crippen molar-refractivity contribution < 1.29 is 5.11 Å². The van der Waals surface area contributed by atoms with Crippen molar-refractivity contribution >= 4 is 0 Å². The molecule has 0 aromatic carbocycles. The number of hydrogen-bond acceptors (Lipinski definition) is 2. The summed E-state index contributed by atoms with van der Waals surface area (Å²) in [7, 11) is 0. The summed E-state index contributed by atoms with van der Waals surface area (Å²) < 4.78 is 0. The molecule has 0 spiro atoms. The average Bonchev–Trinajstić information content (AvgIpc) is 2.30. The Morgan fingerprint density at radius 2 is 2.00 bits per heavy atom. The van der Waals surface area contributed by atoms with E-state index in [0.717, 1.165) is 18.5 Å². The predicted octanol–water partition coefficient (Wildman–Crippen LogP) is 2.59. The fourth-order valence-corrected chi connectivity index (χ4v) is 1.54. The van der Waals surface area contributed by atoms with Crippen LogP contribution in [0.4, 0.5) is 0 Å². The largest absolute Gasteiger partial charge is 0.387 e. The van der Waals surface area contributed by atoms with Crippen molar-refractivity contribution in [3.63, 3.8) is 0 Å². The quantitative estimate of drug-likeness (QED) is 0.617. The Morgan fingerprint density at radius 1 is 1.31 bits per heavy atom. The number of aliphatic hydroxyl groups excluding tert-OH is 1. The summed E-state index contributed by atoms with van der Waals surface area (Å²) in [5.41, 5.74) is 0.850. The van der Waals surface area contributed by atoms with E-state index < -0.39 is 6.10 Å². The third kappa shape index (κ3) is 5.10. The SMILES string of the molecule is C=C/C=C\C(=C/C=C)[C@H](O)C(CC)NCC. The van der Waals surface area contributed by atoms with Crippen LogP contribution >= 0.6 is 0 Å². The molecule has 2 N–H and O–H groups in total. The van der Waals surface area contributed by atoms with E-state index in [2.05, 4.69) is 25.4 Å². The summed E-state index contributed by atoms with van der Waals surface area (Å²) >= 11 is 0. The Labute approximate surface area is 99.1 Å². The highest BCUT2D eigenvalue weighted by atomic mass is 16.3. The van der Waals surface area contributed by atoms with Gasteiger partial charge >= 0.3 is 0 Å². The van der Waals surface area contributed by atoms with Crippen LogP contribution in [0.15, 0.2) is 49.1 Å². The molecule has 2 heteroatoms. The Hall–Kier alpha value is -1.12. The van der Waals surface area contributed by atoms with Crippen LogP contribution in [0.2, 0.25) is 0 Å². The van der Waals surface area contributed by atoms with E-state index in [9.17, 15) is 5.11 Å². The molecule has 0 radical (unpaired) electrons. The minimum absolute atomic E-state index is 0.0747. The Morgan fingerprint density at radius 3 is 2.44 bits per heavy atom. The molecular formula is C14H23NO. The van der Waals surface area contributed by atoms with E-state index in [4.69, 9.17) is 0 Å². The van der Waals surface area contributed by atoms with Gasteiger partial charge in [0.25, 0.3) is 0 Å². The number of rotatable bonds is 8. The van der Waals surface area contributed by atoms with Crippen LogP contribution in [0.5, 0.6) is 0 Å². The lowest BCUT2D eigenvalue weighted by molar-refractivity contribution is 0.162. The lowest BCUT2D eigenvalue weighted by Gasteiger charge is -2.23. The second-order valence-electron chi connectivity index (χ2n) is 3.51. The van der Waals surface area contributed by atoms with Crippen molar-refractivity contribution in [2.24, 2.45) is 0 Å². The van der Waals surface area contributed by atoms with Gasteiger partial charge in [-0.05, 0) is 18.5 Å². The predicted molar refractivity (Wildman–Crippen MR) is 71.4 cm³/mol. The molecule has 90 valence electrons. The molecule has 0 aromatic heterocycles. The van der Waals surface area contributed by atoms with E-state index in [1.54, 1.807) is 12.2 Å². The molecule has 2 nitrogen and oxygen atoms in total. The molecular weight excluding hydrogens is 198 g/mol. The fraction of sp³-hybridized carbons (Fsp3) is 0.429. The molecule has 0 bridgehead atoms. The molecule has 0 heterocycles. The molecule has 0 saturated carbocycles. The third-order valence-corrected chi connectivity index (χ3v) is 2.36. The highest BCUT2D eigenvalue weighted by molar-refractivity contribution is 5.29. The third-order valence-electron chi connectivity index (χ3n) is 2.36. The molecule has 0 aliphatic rings. The monoisotopic (exact) mass is 221 g/mol. The van der Waals surface area contributed by atoms with Gasteiger partial charge < -0.3 is 10.4 Å². The molecule has 16 heavy (non-hydrogen) atoms. The van der Waals surface area contributed by atoms with Gasteiger partial charge in [0.2, 0.25) is 0 Å². The average molecular weight is 221 g/mol. The molecule has 0 aliphatic carbocycles. The Bertz CT molecular complexity index is 266. The Kier molecular flexibility index (Phi) is 8.49. The van der Waals surface area contributed by atoms with Crippen molar-refractivity contribution in [1.29, 1.82) is 0 Å². The number of allylic oxidation sites excluding steroid dienone is 4. The highest BCUT2D eigenvalue weighted by Gasteiger charge is 2.18. The first kappa shape index (κ1) is 14.9. The van der Waals surface area contributed by atoms with Crippen LogP contribution in [-0.2, 0) is 0 Å². The van der Waals surface area contributed by atoms with Crippen molar-refractivity contribution in [3.05, 3.63) is 49.1 Å². The highest BCUT2D eigenvalue weighted by Crippen LogP contribution is 2.11. The van der Waals surface area contributed by atoms with Gasteiger partial charge in [0.1, 0.15) is 0 Å². The van der Waals surface area contributed by atoms with Crippen LogP contribution in [-0.4, -0.2) is 23.8 Å². The van der Waals surface area contributed by atoms with Crippen LogP contribution < -0.4 is 5.32 Å². The standard InChI is InChI=1S/C14H23NO/c1-5-9-11-12(10-6-2)14(16)13(7-3)15-8-4/h5-6,9-11,13-16H,1-2,7-8H2,3-4H3/b11-9-,12-10+/t13?,14-/m0/s1. The molecule has 1 unspecified atom stereocenters. The van der Waals surface area contributed by atoms with Gasteiger partial charge in [0, 0.05) is 6.04 Å². The van der Waals surface area contributed by atoms with E-state index in [1.165, 1.54) is 0 Å². The van der Waals surface area contributed by atoms with E-state index in [-0.39, 0.29) is 6.04 Å². The second kappa shape index (κ2) is 9.13. The number of hydrogen-bond donors (Lipinski definition) is 2. The molecule has 0 aliphatic heterocycles. The van der Waals surface area contributed by atoms with Gasteiger partial charge in [0.15, 0.2) is 0 Å². The lowest BCUT2D eigenvalue weighted by Crippen LogP contribution is -2.40. The summed E-state index contributed by atoms with van der Waals surface area (Å²) in [6.07, 6.45) is 9.24. The van der Waals surface area contributed by atoms with Crippen molar-refractivity contribution in [2.75, 3.05) is 6.54 Å². The molecule has 0 rings (SSSR count). The van der Waals surface area contributed by atoms with Gasteiger partial charge in [-0.15, -0.1) is 0 Å². The van der Waals surface area contributed by atoms with Crippen molar-refractivity contribution in [2.45, 2.75) is 32.4 Å². The summed E-state index contributed by atoms with van der Waals surface area (Å²) in [4.78, 5) is 0. The first-order valence-corrected chi connectivity index (χ1v) is 5.74. The Balaban J connectivity index is 4.76. The summed E-state index contributed by atoms with van der Waals surface area (Å²) in [6.45, 7) is 12.2. The molecule has 2 atom stereocenters. The maximum Gasteiger partial charge on any atom is 0.0942 e. The fourth-order valence-electron chi connectivity index (χ4n) is 1.54. The number of nitrogens with one attached hydrogen (secondary N) is 1. The number of aliphatic hydroxyl groups is 1. The smallest absolute Gasteiger partial charge is 0.0942 e. The minimum Gasteiger partial charge on any atom is -0.387 e. The zero-order valence-corrected chi connectivity index (χ0v) is 10.3. The minimum atomic E-state index is -0.515. The van der Waals surface area contributed by atoms with Crippen LogP contribution in [0, 0.1) is 0 Å². The van der Waals surface area contributed by atoms with Gasteiger partial charge in [-0.25, -0.2) is 0 Å². The van der Waals surface area contributed by atoms with Crippen LogP contribution in [0.3, 0.4) is 0 Å². The van der Waals surface area contributed by atoms with Crippen LogP contribution in [0.1, 0.15) is 20.3 Å². The first-order valence-electron chi connectivity index (χ1n) is 5.74. The number of likely N-dealkylation sites (N-methyl/N-ethyl adjacent to an activating group) is 1. The summed E-state index contributed by atoms with van der Waals surface area (Å²) in [6, 6.07) is 0.0747. The maximum atomic E-state index is 10.2. The van der Waals surface area contributed by atoms with Gasteiger partial charge in [-0.3, -0.25) is 0 Å². The molecule has 0 amide bonds. The zero-order valence-electron chi connectivity index (χ0n) is 10.3. The van der Waals surface area contributed by atoms with E-state index in [1.807, 2.05) is 25.2 Å². The molecule has 0 saturated heterocycles. The maximum absolute atomic E-state index is 10.2. The summed E-state index contributed by atoms with van der Waals surface area (Å²) in [5.74, 6) is 0. The first-order chi connectivity index (χ1) is 7.71. The van der Waals surface area contributed by atoms with Gasteiger partial charge in [-0.1, -0.05) is 57.4 Å². The van der Waals surface area contributed by atoms with E-state index >= 15 is 0 Å². The zero-order chi connectivity index (χ0) is 12.4.